The summed E-state index contributed by atoms with van der Waals surface area (Å²) in [5, 5.41) is 14.1. The first kappa shape index (κ1) is 20.5. The van der Waals surface area contributed by atoms with Crippen LogP contribution >= 0.6 is 0 Å². The maximum atomic E-state index is 11.5. The van der Waals surface area contributed by atoms with Gasteiger partial charge in [0.2, 0.25) is 0 Å². The maximum absolute atomic E-state index is 11.5. The molecular formula is C24H27N3O2. The highest BCUT2D eigenvalue weighted by Crippen LogP contribution is 2.25. The summed E-state index contributed by atoms with van der Waals surface area (Å²) in [6.07, 6.45) is 4.42. The molecule has 0 saturated carbocycles. The Morgan fingerprint density at radius 1 is 1.21 bits per heavy atom. The van der Waals surface area contributed by atoms with E-state index in [1.54, 1.807) is 12.1 Å². The minimum absolute atomic E-state index is 0.308. The number of carboxylic acid groups (broad SMARTS) is 1. The molecule has 0 aliphatic rings. The van der Waals surface area contributed by atoms with Crippen molar-refractivity contribution in [3.05, 3.63) is 84.0 Å². The van der Waals surface area contributed by atoms with Crippen LogP contribution in [-0.4, -0.2) is 25.8 Å². The van der Waals surface area contributed by atoms with E-state index in [1.165, 1.54) is 0 Å². The van der Waals surface area contributed by atoms with Crippen LogP contribution in [0.25, 0.3) is 11.1 Å². The number of rotatable bonds is 9. The van der Waals surface area contributed by atoms with Gasteiger partial charge in [0.1, 0.15) is 5.82 Å². The molecule has 2 aromatic carbocycles. The number of benzene rings is 2. The minimum Gasteiger partial charge on any atom is -0.478 e. The number of hydrogen-bond acceptors (Lipinski definition) is 3. The molecule has 3 rings (SSSR count). The maximum Gasteiger partial charge on any atom is 0.336 e. The Kier molecular flexibility index (Phi) is 6.60. The van der Waals surface area contributed by atoms with Crippen LogP contribution in [-0.2, 0) is 13.0 Å². The second-order valence-corrected chi connectivity index (χ2v) is 7.22. The van der Waals surface area contributed by atoms with Crippen LogP contribution in [0.15, 0.2) is 61.2 Å². The summed E-state index contributed by atoms with van der Waals surface area (Å²) in [7, 11) is 0. The quantitative estimate of drug-likeness (QED) is 0.503. The first-order valence-electron chi connectivity index (χ1n) is 9.99. The van der Waals surface area contributed by atoms with E-state index >= 15 is 0 Å². The molecule has 1 N–H and O–H groups in total. The Labute approximate surface area is 171 Å². The zero-order valence-corrected chi connectivity index (χ0v) is 17.0. The predicted octanol–water partition coefficient (Wildman–Crippen LogP) is 5.32. The van der Waals surface area contributed by atoms with Crippen molar-refractivity contribution in [1.82, 2.24) is 14.8 Å². The molecule has 29 heavy (non-hydrogen) atoms. The zero-order valence-electron chi connectivity index (χ0n) is 17.0. The van der Waals surface area contributed by atoms with Gasteiger partial charge in [-0.25, -0.2) is 14.5 Å². The van der Waals surface area contributed by atoms with Crippen LogP contribution in [0.3, 0.4) is 0 Å². The SMILES string of the molecule is C=CCCn1nc(C(C)CC)nc1Cc1ccc(-c2ccccc2C(=O)O)cc1. The van der Waals surface area contributed by atoms with E-state index in [4.69, 9.17) is 10.1 Å². The normalized spacial score (nSPS) is 11.9. The van der Waals surface area contributed by atoms with Crippen molar-refractivity contribution in [2.75, 3.05) is 0 Å². The van der Waals surface area contributed by atoms with E-state index in [9.17, 15) is 9.90 Å². The Morgan fingerprint density at radius 2 is 1.93 bits per heavy atom. The topological polar surface area (TPSA) is 68.0 Å². The van der Waals surface area contributed by atoms with E-state index < -0.39 is 5.97 Å². The summed E-state index contributed by atoms with van der Waals surface area (Å²) in [6.45, 7) is 8.86. The van der Waals surface area contributed by atoms with Crippen LogP contribution < -0.4 is 0 Å². The zero-order chi connectivity index (χ0) is 20.8. The van der Waals surface area contributed by atoms with Gasteiger partial charge in [-0.2, -0.15) is 5.10 Å². The Bertz CT molecular complexity index is 990. The molecule has 0 aliphatic heterocycles. The fourth-order valence-electron chi connectivity index (χ4n) is 3.21. The molecule has 150 valence electrons. The number of aryl methyl sites for hydroxylation is 1. The second kappa shape index (κ2) is 9.32. The van der Waals surface area contributed by atoms with E-state index in [0.29, 0.717) is 17.9 Å². The molecule has 1 aromatic heterocycles. The molecule has 3 aromatic rings. The number of hydrogen-bond donors (Lipinski definition) is 1. The summed E-state index contributed by atoms with van der Waals surface area (Å²) in [5.74, 6) is 1.24. The first-order valence-corrected chi connectivity index (χ1v) is 9.99. The molecule has 1 atom stereocenters. The van der Waals surface area contributed by atoms with Gasteiger partial charge in [0.05, 0.1) is 5.56 Å². The van der Waals surface area contributed by atoms with Crippen molar-refractivity contribution in [2.45, 2.75) is 45.6 Å². The summed E-state index contributed by atoms with van der Waals surface area (Å²) in [4.78, 5) is 16.3. The molecule has 0 amide bonds. The van der Waals surface area contributed by atoms with Crippen molar-refractivity contribution < 1.29 is 9.90 Å². The molecule has 5 heteroatoms. The van der Waals surface area contributed by atoms with E-state index in [2.05, 4.69) is 20.4 Å². The van der Waals surface area contributed by atoms with Crippen molar-refractivity contribution in [3.8, 4) is 11.1 Å². The molecule has 1 heterocycles. The van der Waals surface area contributed by atoms with Crippen molar-refractivity contribution in [3.63, 3.8) is 0 Å². The van der Waals surface area contributed by atoms with Gasteiger partial charge < -0.3 is 5.11 Å². The second-order valence-electron chi connectivity index (χ2n) is 7.22. The molecule has 1 unspecified atom stereocenters. The third-order valence-corrected chi connectivity index (χ3v) is 5.15. The number of nitrogens with zero attached hydrogens (tertiary/aromatic N) is 3. The third-order valence-electron chi connectivity index (χ3n) is 5.15. The lowest BCUT2D eigenvalue weighted by Crippen LogP contribution is -2.06. The van der Waals surface area contributed by atoms with Crippen LogP contribution in [0.5, 0.6) is 0 Å². The van der Waals surface area contributed by atoms with Crippen molar-refractivity contribution in [1.29, 1.82) is 0 Å². The van der Waals surface area contributed by atoms with E-state index in [-0.39, 0.29) is 0 Å². The average Bonchev–Trinajstić information content (AvgIpc) is 3.14. The number of allylic oxidation sites excluding steroid dienone is 1. The number of aromatic nitrogens is 3. The molecule has 0 fully saturated rings. The molecule has 0 bridgehead atoms. The van der Waals surface area contributed by atoms with Gasteiger partial charge in [-0.15, -0.1) is 6.58 Å². The Morgan fingerprint density at radius 3 is 2.59 bits per heavy atom. The molecule has 0 spiro atoms. The largest absolute Gasteiger partial charge is 0.478 e. The monoisotopic (exact) mass is 389 g/mol. The molecule has 0 aliphatic carbocycles. The molecule has 5 nitrogen and oxygen atoms in total. The van der Waals surface area contributed by atoms with Crippen LogP contribution in [0.1, 0.15) is 60.2 Å². The highest BCUT2D eigenvalue weighted by Gasteiger charge is 2.15. The molecular weight excluding hydrogens is 362 g/mol. The fourth-order valence-corrected chi connectivity index (χ4v) is 3.21. The summed E-state index contributed by atoms with van der Waals surface area (Å²) < 4.78 is 1.98. The van der Waals surface area contributed by atoms with Crippen LogP contribution in [0.2, 0.25) is 0 Å². The summed E-state index contributed by atoms with van der Waals surface area (Å²) >= 11 is 0. The van der Waals surface area contributed by atoms with Gasteiger partial charge in [-0.05, 0) is 35.6 Å². The number of carbonyl (C=O) groups is 1. The highest BCUT2D eigenvalue weighted by atomic mass is 16.4. The van der Waals surface area contributed by atoms with Gasteiger partial charge in [0.15, 0.2) is 5.82 Å². The fraction of sp³-hybridized carbons (Fsp3) is 0.292. The minimum atomic E-state index is -0.919. The summed E-state index contributed by atoms with van der Waals surface area (Å²) in [6, 6.07) is 15.1. The first-order chi connectivity index (χ1) is 14.0. The predicted molar refractivity (Wildman–Crippen MR) is 115 cm³/mol. The highest BCUT2D eigenvalue weighted by molar-refractivity contribution is 5.95. The van der Waals surface area contributed by atoms with Gasteiger partial charge in [-0.1, -0.05) is 62.4 Å². The molecule has 0 radical (unpaired) electrons. The van der Waals surface area contributed by atoms with Crippen LogP contribution in [0, 0.1) is 0 Å². The number of aromatic carboxylic acids is 1. The smallest absolute Gasteiger partial charge is 0.336 e. The lowest BCUT2D eigenvalue weighted by atomic mass is 9.98. The van der Waals surface area contributed by atoms with Gasteiger partial charge in [0, 0.05) is 18.9 Å². The third kappa shape index (κ3) is 4.80. The van der Waals surface area contributed by atoms with Gasteiger partial charge >= 0.3 is 5.97 Å². The summed E-state index contributed by atoms with van der Waals surface area (Å²) in [5.41, 5.74) is 3.03. The molecule has 0 saturated heterocycles. The lowest BCUT2D eigenvalue weighted by molar-refractivity contribution is 0.0697. The lowest BCUT2D eigenvalue weighted by Gasteiger charge is -2.08. The Balaban J connectivity index is 1.85. The van der Waals surface area contributed by atoms with Crippen molar-refractivity contribution >= 4 is 5.97 Å². The van der Waals surface area contributed by atoms with Gasteiger partial charge in [-0.3, -0.25) is 0 Å². The Hall–Kier alpha value is -3.21. The van der Waals surface area contributed by atoms with E-state index in [0.717, 1.165) is 47.7 Å². The van der Waals surface area contributed by atoms with Crippen molar-refractivity contribution in [2.24, 2.45) is 0 Å². The standard InChI is InChI=1S/C24H27N3O2/c1-4-6-15-27-22(25-23(26-27)17(3)5-2)16-18-11-13-19(14-12-18)20-9-7-8-10-21(20)24(28)29/h4,7-14,17H,1,5-6,15-16H2,2-3H3,(H,28,29). The van der Waals surface area contributed by atoms with Gasteiger partial charge in [0.25, 0.3) is 0 Å². The van der Waals surface area contributed by atoms with E-state index in [1.807, 2.05) is 47.2 Å². The van der Waals surface area contributed by atoms with Crippen LogP contribution in [0.4, 0.5) is 0 Å². The number of carboxylic acids is 1. The average molecular weight is 389 g/mol.